The maximum atomic E-state index is 15.3. The van der Waals surface area contributed by atoms with Crippen LogP contribution in [-0.4, -0.2) is 56.4 Å². The molecule has 2 aromatic rings. The van der Waals surface area contributed by atoms with Gasteiger partial charge in [0.05, 0.1) is 6.61 Å². The van der Waals surface area contributed by atoms with Crippen LogP contribution < -0.4 is 5.73 Å². The molecule has 3 heterocycles. The second-order valence-corrected chi connectivity index (χ2v) is 5.34. The van der Waals surface area contributed by atoms with E-state index in [2.05, 4.69) is 10.1 Å². The van der Waals surface area contributed by atoms with E-state index in [1.807, 2.05) is 0 Å². The molecule has 2 aromatic heterocycles. The van der Waals surface area contributed by atoms with Gasteiger partial charge < -0.3 is 25.4 Å². The zero-order valence-corrected chi connectivity index (χ0v) is 12.1. The Morgan fingerprint density at radius 2 is 2.27 bits per heavy atom. The number of ether oxygens (including phenoxy) is 2. The summed E-state index contributed by atoms with van der Waals surface area (Å²) >= 11 is 0. The zero-order chi connectivity index (χ0) is 16.1. The molecule has 1 saturated heterocycles. The van der Waals surface area contributed by atoms with E-state index >= 15 is 4.39 Å². The van der Waals surface area contributed by atoms with Gasteiger partial charge in [-0.2, -0.15) is 5.10 Å². The fraction of sp³-hybridized carbons (Fsp3) is 0.538. The van der Waals surface area contributed by atoms with Crippen molar-refractivity contribution in [1.82, 2.24) is 14.6 Å². The van der Waals surface area contributed by atoms with Gasteiger partial charge in [0, 0.05) is 7.11 Å². The monoisotopic (exact) mass is 312 g/mol. The highest BCUT2D eigenvalue weighted by atomic mass is 19.1. The SMILES string of the molecule is COC1(c2ccc3c(N)ncnn23)OC(CO)C(O)C1(C)F. The standard InChI is InChI=1S/C13H17FN4O4/c1-12(14)10(20)8(5-19)22-13(12,21-2)9-4-3-7-11(15)16-6-17-18(7)9/h3-4,6,8,10,19-20H,5H2,1-2H3,(H2,15,16,17). The molecule has 9 heteroatoms. The highest BCUT2D eigenvalue weighted by Crippen LogP contribution is 2.50. The fourth-order valence-corrected chi connectivity index (χ4v) is 2.94. The first kappa shape index (κ1) is 15.1. The molecule has 22 heavy (non-hydrogen) atoms. The number of methoxy groups -OCH3 is 1. The maximum absolute atomic E-state index is 15.3. The molecule has 120 valence electrons. The third-order valence-electron chi connectivity index (χ3n) is 4.15. The van der Waals surface area contributed by atoms with Crippen molar-refractivity contribution < 1.29 is 24.1 Å². The largest absolute Gasteiger partial charge is 0.394 e. The Balaban J connectivity index is 2.24. The summed E-state index contributed by atoms with van der Waals surface area (Å²) in [6.45, 7) is 0.604. The summed E-state index contributed by atoms with van der Waals surface area (Å²) in [5.74, 6) is -1.72. The summed E-state index contributed by atoms with van der Waals surface area (Å²) in [5, 5.41) is 23.4. The van der Waals surface area contributed by atoms with E-state index in [1.165, 1.54) is 24.0 Å². The van der Waals surface area contributed by atoms with Crippen molar-refractivity contribution in [1.29, 1.82) is 0 Å². The van der Waals surface area contributed by atoms with Crippen molar-refractivity contribution >= 4 is 11.3 Å². The van der Waals surface area contributed by atoms with Gasteiger partial charge >= 0.3 is 0 Å². The molecule has 0 aliphatic carbocycles. The normalized spacial score (nSPS) is 35.3. The van der Waals surface area contributed by atoms with Crippen LogP contribution in [0.1, 0.15) is 12.6 Å². The van der Waals surface area contributed by atoms with Gasteiger partial charge in [0.2, 0.25) is 5.79 Å². The third kappa shape index (κ3) is 1.70. The summed E-state index contributed by atoms with van der Waals surface area (Å²) in [7, 11) is 1.26. The van der Waals surface area contributed by atoms with Crippen LogP contribution >= 0.6 is 0 Å². The molecule has 0 radical (unpaired) electrons. The first-order chi connectivity index (χ1) is 10.4. The van der Waals surface area contributed by atoms with Gasteiger partial charge in [0.15, 0.2) is 11.5 Å². The van der Waals surface area contributed by atoms with Gasteiger partial charge in [0.1, 0.15) is 29.7 Å². The number of hydrogen-bond acceptors (Lipinski definition) is 7. The van der Waals surface area contributed by atoms with Gasteiger partial charge in [-0.05, 0) is 19.1 Å². The predicted octanol–water partition coefficient (Wildman–Crippen LogP) is -0.409. The third-order valence-corrected chi connectivity index (χ3v) is 4.15. The Bertz CT molecular complexity index is 706. The lowest BCUT2D eigenvalue weighted by molar-refractivity contribution is -0.272. The summed E-state index contributed by atoms with van der Waals surface area (Å²) in [6.07, 6.45) is -1.47. The number of aromatic nitrogens is 3. The number of aliphatic hydroxyl groups excluding tert-OH is 2. The molecular weight excluding hydrogens is 295 g/mol. The van der Waals surface area contributed by atoms with E-state index < -0.39 is 30.3 Å². The molecule has 4 N–H and O–H groups in total. The zero-order valence-electron chi connectivity index (χ0n) is 12.1. The van der Waals surface area contributed by atoms with Crippen LogP contribution in [0.4, 0.5) is 10.2 Å². The van der Waals surface area contributed by atoms with Crippen LogP contribution in [0.15, 0.2) is 18.5 Å². The number of rotatable bonds is 3. The van der Waals surface area contributed by atoms with Crippen molar-refractivity contribution in [2.45, 2.75) is 30.6 Å². The van der Waals surface area contributed by atoms with E-state index in [0.717, 1.165) is 6.92 Å². The number of nitrogen functional groups attached to an aromatic ring is 1. The summed E-state index contributed by atoms with van der Waals surface area (Å²) in [6, 6.07) is 3.14. The molecule has 0 saturated carbocycles. The Hall–Kier alpha value is -1.81. The highest BCUT2D eigenvalue weighted by Gasteiger charge is 2.67. The van der Waals surface area contributed by atoms with E-state index in [4.69, 9.17) is 15.2 Å². The quantitative estimate of drug-likeness (QED) is 0.705. The number of fused-ring (bicyclic) bond motifs is 1. The van der Waals surface area contributed by atoms with E-state index in [-0.39, 0.29) is 11.5 Å². The molecule has 4 unspecified atom stereocenters. The molecule has 1 aliphatic heterocycles. The molecule has 8 nitrogen and oxygen atoms in total. The molecule has 4 atom stereocenters. The summed E-state index contributed by atoms with van der Waals surface area (Å²) in [4.78, 5) is 3.86. The minimum Gasteiger partial charge on any atom is -0.394 e. The van der Waals surface area contributed by atoms with Crippen molar-refractivity contribution in [2.75, 3.05) is 19.5 Å². The van der Waals surface area contributed by atoms with Crippen molar-refractivity contribution in [2.24, 2.45) is 0 Å². The van der Waals surface area contributed by atoms with Crippen LogP contribution in [0, 0.1) is 0 Å². The number of nitrogens with two attached hydrogens (primary N) is 1. The second-order valence-electron chi connectivity index (χ2n) is 5.34. The first-order valence-corrected chi connectivity index (χ1v) is 6.68. The molecule has 1 aliphatic rings. The van der Waals surface area contributed by atoms with Crippen LogP contribution in [0.5, 0.6) is 0 Å². The predicted molar refractivity (Wildman–Crippen MR) is 73.6 cm³/mol. The summed E-state index contributed by atoms with van der Waals surface area (Å²) in [5.41, 5.74) is 4.11. The minimum absolute atomic E-state index is 0.208. The molecule has 0 amide bonds. The lowest BCUT2D eigenvalue weighted by Crippen LogP contribution is -2.50. The second kappa shape index (κ2) is 4.85. The average Bonchev–Trinajstić information content (AvgIpc) is 3.01. The average molecular weight is 312 g/mol. The molecule has 1 fully saturated rings. The van der Waals surface area contributed by atoms with E-state index in [9.17, 15) is 10.2 Å². The van der Waals surface area contributed by atoms with Gasteiger partial charge in [0.25, 0.3) is 0 Å². The number of hydrogen-bond donors (Lipinski definition) is 3. The number of halogens is 1. The topological polar surface area (TPSA) is 115 Å². The maximum Gasteiger partial charge on any atom is 0.250 e. The van der Waals surface area contributed by atoms with Crippen LogP contribution in [0.2, 0.25) is 0 Å². The lowest BCUT2D eigenvalue weighted by Gasteiger charge is -2.35. The number of aliphatic hydroxyl groups is 2. The number of alkyl halides is 1. The Morgan fingerprint density at radius 3 is 2.86 bits per heavy atom. The molecule has 0 bridgehead atoms. The van der Waals surface area contributed by atoms with Gasteiger partial charge in [-0.3, -0.25) is 0 Å². The number of anilines is 1. The Kier molecular flexibility index (Phi) is 3.33. The smallest absolute Gasteiger partial charge is 0.250 e. The molecule has 3 rings (SSSR count). The Morgan fingerprint density at radius 1 is 1.55 bits per heavy atom. The van der Waals surface area contributed by atoms with Gasteiger partial charge in [-0.15, -0.1) is 0 Å². The van der Waals surface area contributed by atoms with Gasteiger partial charge in [-0.25, -0.2) is 13.9 Å². The Labute approximate surface area is 125 Å². The van der Waals surface area contributed by atoms with Crippen molar-refractivity contribution in [3.63, 3.8) is 0 Å². The van der Waals surface area contributed by atoms with Crippen molar-refractivity contribution in [3.8, 4) is 0 Å². The fourth-order valence-electron chi connectivity index (χ4n) is 2.94. The minimum atomic E-state index is -2.32. The van der Waals surface area contributed by atoms with E-state index in [0.29, 0.717) is 5.52 Å². The van der Waals surface area contributed by atoms with Crippen LogP contribution in [-0.2, 0) is 15.3 Å². The number of nitrogens with zero attached hydrogens (tertiary/aromatic N) is 3. The highest BCUT2D eigenvalue weighted by molar-refractivity contribution is 5.65. The van der Waals surface area contributed by atoms with Crippen LogP contribution in [0.25, 0.3) is 5.52 Å². The summed E-state index contributed by atoms with van der Waals surface area (Å²) < 4.78 is 27.5. The first-order valence-electron chi connectivity index (χ1n) is 6.68. The van der Waals surface area contributed by atoms with E-state index in [1.54, 1.807) is 6.07 Å². The molecule has 0 spiro atoms. The van der Waals surface area contributed by atoms with Crippen LogP contribution in [0.3, 0.4) is 0 Å². The van der Waals surface area contributed by atoms with Gasteiger partial charge in [-0.1, -0.05) is 0 Å². The van der Waals surface area contributed by atoms with Crippen molar-refractivity contribution in [3.05, 3.63) is 24.2 Å². The molecular formula is C13H17FN4O4. The molecule has 0 aromatic carbocycles. The lowest BCUT2D eigenvalue weighted by atomic mass is 9.89.